The van der Waals surface area contributed by atoms with Gasteiger partial charge in [0.15, 0.2) is 0 Å². The quantitative estimate of drug-likeness (QED) is 0.448. The molecule has 3 amide bonds. The Balaban J connectivity index is 3.68. The van der Waals surface area contributed by atoms with E-state index in [1.54, 1.807) is 11.8 Å². The van der Waals surface area contributed by atoms with Gasteiger partial charge in [-0.05, 0) is 24.9 Å². The molecule has 0 fully saturated rings. The van der Waals surface area contributed by atoms with Crippen LogP contribution in [0.4, 0.5) is 4.79 Å². The van der Waals surface area contributed by atoms with Gasteiger partial charge in [0.05, 0.1) is 6.54 Å². The Morgan fingerprint density at radius 3 is 2.47 bits per heavy atom. The standard InChI is InChI=1S/C11H21N3O4S/c1-3-19-5-4-8(2)14-11(18)13-6-9(15)12-7-10(16)17/h8H,3-7H2,1-2H3,(H,12,15)(H,16,17)(H2,13,14,18). The highest BCUT2D eigenvalue weighted by molar-refractivity contribution is 7.99. The summed E-state index contributed by atoms with van der Waals surface area (Å²) in [5, 5.41) is 15.6. The predicted octanol–water partition coefficient (Wildman–Crippen LogP) is 0.0181. The molecule has 0 aromatic carbocycles. The van der Waals surface area contributed by atoms with E-state index in [1.165, 1.54) is 0 Å². The Hall–Kier alpha value is -1.44. The minimum atomic E-state index is -1.13. The Labute approximate surface area is 116 Å². The van der Waals surface area contributed by atoms with E-state index in [1.807, 2.05) is 6.92 Å². The first-order chi connectivity index (χ1) is 8.95. The minimum Gasteiger partial charge on any atom is -0.480 e. The van der Waals surface area contributed by atoms with Crippen LogP contribution in [0.15, 0.2) is 0 Å². The number of carbonyl (C=O) groups is 3. The number of rotatable bonds is 9. The second-order valence-corrected chi connectivity index (χ2v) is 5.28. The molecule has 0 aliphatic carbocycles. The number of thioether (sulfide) groups is 1. The number of carboxylic acid groups (broad SMARTS) is 1. The number of carbonyl (C=O) groups excluding carboxylic acids is 2. The Kier molecular flexibility index (Phi) is 9.69. The third kappa shape index (κ3) is 11.4. The van der Waals surface area contributed by atoms with E-state index in [2.05, 4.69) is 22.9 Å². The molecule has 110 valence electrons. The van der Waals surface area contributed by atoms with Gasteiger partial charge < -0.3 is 21.1 Å². The molecule has 7 nitrogen and oxygen atoms in total. The van der Waals surface area contributed by atoms with Gasteiger partial charge in [-0.3, -0.25) is 9.59 Å². The number of carboxylic acids is 1. The van der Waals surface area contributed by atoms with E-state index in [0.29, 0.717) is 0 Å². The van der Waals surface area contributed by atoms with Crippen LogP contribution in [0.3, 0.4) is 0 Å². The van der Waals surface area contributed by atoms with Gasteiger partial charge in [-0.15, -0.1) is 0 Å². The molecule has 1 atom stereocenters. The van der Waals surface area contributed by atoms with Crippen LogP contribution in [0.1, 0.15) is 20.3 Å². The smallest absolute Gasteiger partial charge is 0.322 e. The molecule has 0 aliphatic rings. The zero-order chi connectivity index (χ0) is 14.7. The lowest BCUT2D eigenvalue weighted by Crippen LogP contribution is -2.45. The minimum absolute atomic E-state index is 0.0288. The van der Waals surface area contributed by atoms with Gasteiger partial charge in [0.25, 0.3) is 0 Å². The second kappa shape index (κ2) is 10.5. The van der Waals surface area contributed by atoms with Crippen molar-refractivity contribution in [2.75, 3.05) is 24.6 Å². The Morgan fingerprint density at radius 1 is 1.21 bits per heavy atom. The van der Waals surface area contributed by atoms with Crippen LogP contribution in [0.5, 0.6) is 0 Å². The number of nitrogens with one attached hydrogen (secondary N) is 3. The monoisotopic (exact) mass is 291 g/mol. The Morgan fingerprint density at radius 2 is 1.89 bits per heavy atom. The summed E-state index contributed by atoms with van der Waals surface area (Å²) >= 11 is 1.80. The van der Waals surface area contributed by atoms with E-state index in [0.717, 1.165) is 17.9 Å². The summed E-state index contributed by atoms with van der Waals surface area (Å²) < 4.78 is 0. The number of urea groups is 1. The molecule has 0 saturated heterocycles. The molecular formula is C11H21N3O4S. The highest BCUT2D eigenvalue weighted by Gasteiger charge is 2.09. The molecule has 0 radical (unpaired) electrons. The molecule has 0 heterocycles. The van der Waals surface area contributed by atoms with Crippen LogP contribution in [0, 0.1) is 0 Å². The molecule has 0 rings (SSSR count). The molecule has 8 heteroatoms. The van der Waals surface area contributed by atoms with E-state index in [9.17, 15) is 14.4 Å². The predicted molar refractivity (Wildman–Crippen MR) is 74.3 cm³/mol. The van der Waals surface area contributed by atoms with Crippen molar-refractivity contribution in [1.82, 2.24) is 16.0 Å². The fourth-order valence-electron chi connectivity index (χ4n) is 1.15. The van der Waals surface area contributed by atoms with Crippen molar-refractivity contribution in [3.05, 3.63) is 0 Å². The molecule has 0 bridgehead atoms. The lowest BCUT2D eigenvalue weighted by Gasteiger charge is -2.14. The molecule has 0 aromatic heterocycles. The van der Waals surface area contributed by atoms with Gasteiger partial charge in [0, 0.05) is 6.04 Å². The van der Waals surface area contributed by atoms with Crippen LogP contribution in [0.2, 0.25) is 0 Å². The summed E-state index contributed by atoms with van der Waals surface area (Å²) in [7, 11) is 0. The molecule has 0 aliphatic heterocycles. The van der Waals surface area contributed by atoms with Crippen molar-refractivity contribution in [3.8, 4) is 0 Å². The van der Waals surface area contributed by atoms with Gasteiger partial charge in [0.1, 0.15) is 6.54 Å². The van der Waals surface area contributed by atoms with E-state index < -0.39 is 24.5 Å². The van der Waals surface area contributed by atoms with Crippen molar-refractivity contribution >= 4 is 29.7 Å². The summed E-state index contributed by atoms with van der Waals surface area (Å²) in [6.07, 6.45) is 0.858. The summed E-state index contributed by atoms with van der Waals surface area (Å²) in [5.74, 6) is 0.353. The van der Waals surface area contributed by atoms with Crippen molar-refractivity contribution in [2.45, 2.75) is 26.3 Å². The number of aliphatic carboxylic acids is 1. The van der Waals surface area contributed by atoms with Crippen LogP contribution < -0.4 is 16.0 Å². The van der Waals surface area contributed by atoms with Gasteiger partial charge in [0.2, 0.25) is 5.91 Å². The normalized spacial score (nSPS) is 11.5. The van der Waals surface area contributed by atoms with E-state index in [4.69, 9.17) is 5.11 Å². The maximum atomic E-state index is 11.4. The van der Waals surface area contributed by atoms with Gasteiger partial charge in [-0.25, -0.2) is 4.79 Å². The van der Waals surface area contributed by atoms with Crippen LogP contribution in [0.25, 0.3) is 0 Å². The fraction of sp³-hybridized carbons (Fsp3) is 0.727. The van der Waals surface area contributed by atoms with Crippen LogP contribution in [-0.4, -0.2) is 53.7 Å². The van der Waals surface area contributed by atoms with Crippen molar-refractivity contribution in [3.63, 3.8) is 0 Å². The number of hydrogen-bond acceptors (Lipinski definition) is 4. The third-order valence-corrected chi connectivity index (χ3v) is 3.06. The summed E-state index contributed by atoms with van der Waals surface area (Å²) in [6, 6.07) is -0.402. The van der Waals surface area contributed by atoms with Gasteiger partial charge >= 0.3 is 12.0 Å². The van der Waals surface area contributed by atoms with Crippen molar-refractivity contribution in [1.29, 1.82) is 0 Å². The van der Waals surface area contributed by atoms with Crippen LogP contribution >= 0.6 is 11.8 Å². The van der Waals surface area contributed by atoms with E-state index >= 15 is 0 Å². The zero-order valence-electron chi connectivity index (χ0n) is 11.2. The lowest BCUT2D eigenvalue weighted by atomic mass is 10.3. The average molecular weight is 291 g/mol. The van der Waals surface area contributed by atoms with Gasteiger partial charge in [-0.2, -0.15) is 11.8 Å². The lowest BCUT2D eigenvalue weighted by molar-refractivity contribution is -0.137. The third-order valence-electron chi connectivity index (χ3n) is 2.12. The molecule has 0 aromatic rings. The average Bonchev–Trinajstić information content (AvgIpc) is 2.34. The van der Waals surface area contributed by atoms with Gasteiger partial charge in [-0.1, -0.05) is 6.92 Å². The maximum Gasteiger partial charge on any atom is 0.322 e. The van der Waals surface area contributed by atoms with E-state index in [-0.39, 0.29) is 12.6 Å². The first-order valence-corrected chi connectivity index (χ1v) is 7.21. The fourth-order valence-corrected chi connectivity index (χ4v) is 1.96. The molecule has 4 N–H and O–H groups in total. The summed E-state index contributed by atoms with van der Waals surface area (Å²) in [4.78, 5) is 32.7. The Bertz CT molecular complexity index is 312. The SMILES string of the molecule is CCSCCC(C)NC(=O)NCC(=O)NCC(=O)O. The molecule has 19 heavy (non-hydrogen) atoms. The number of hydrogen-bond donors (Lipinski definition) is 4. The maximum absolute atomic E-state index is 11.4. The second-order valence-electron chi connectivity index (χ2n) is 3.88. The first-order valence-electron chi connectivity index (χ1n) is 6.06. The van der Waals surface area contributed by atoms with Crippen LogP contribution in [-0.2, 0) is 9.59 Å². The number of amides is 3. The first kappa shape index (κ1) is 17.6. The molecular weight excluding hydrogens is 270 g/mol. The van der Waals surface area contributed by atoms with Crippen molar-refractivity contribution < 1.29 is 19.5 Å². The van der Waals surface area contributed by atoms with Crippen molar-refractivity contribution in [2.24, 2.45) is 0 Å². The molecule has 0 spiro atoms. The molecule has 1 unspecified atom stereocenters. The largest absolute Gasteiger partial charge is 0.480 e. The summed E-state index contributed by atoms with van der Waals surface area (Å²) in [5.41, 5.74) is 0. The zero-order valence-corrected chi connectivity index (χ0v) is 12.0. The molecule has 0 saturated carbocycles. The highest BCUT2D eigenvalue weighted by Crippen LogP contribution is 2.03. The topological polar surface area (TPSA) is 108 Å². The summed E-state index contributed by atoms with van der Waals surface area (Å²) in [6.45, 7) is 3.27. The highest BCUT2D eigenvalue weighted by atomic mass is 32.2.